The van der Waals surface area contributed by atoms with E-state index in [1.807, 2.05) is 0 Å². The number of nitrogens with zero attached hydrogens (tertiary/aromatic N) is 5. The lowest BCUT2D eigenvalue weighted by Crippen LogP contribution is -2.01. The zero-order valence-corrected chi connectivity index (χ0v) is 25.7. The third kappa shape index (κ3) is 4.82. The van der Waals surface area contributed by atoms with Crippen LogP contribution in [-0.2, 0) is 0 Å². The average Bonchev–Trinajstić information content (AvgIpc) is 3.59. The number of rotatable bonds is 5. The quantitative estimate of drug-likeness (QED) is 0.182. The smallest absolute Gasteiger partial charge is 0.164 e. The minimum absolute atomic E-state index is 0.154. The standard InChI is InChI=1S/C46H31N5/c1-30-13-11-16-32(27-30)45-47-44(31-14-3-2-4-15-31)48-46(49-45)33-17-12-18-34(28-33)50-42-24-10-7-21-38(42)39-29-35(25-26-43(39)50)51-40-22-8-5-19-36(40)37-20-6-9-23-41(37)51/h2-29H,1H3/i2D,3D,4D,5D,6D,7D,8D,9D,10D,11D,12D,13D,14D,15D,16D,17D,18D,19D,20D,21D,22D,23D,24D,25D,26D,27D,28D,29D. The monoisotopic (exact) mass is 681 g/mol. The van der Waals surface area contributed by atoms with Gasteiger partial charge < -0.3 is 9.13 Å². The Morgan fingerprint density at radius 1 is 0.373 bits per heavy atom. The second-order valence-electron chi connectivity index (χ2n) is 10.8. The van der Waals surface area contributed by atoms with Gasteiger partial charge >= 0.3 is 0 Å². The molecule has 7 aromatic carbocycles. The van der Waals surface area contributed by atoms with Crippen molar-refractivity contribution in [2.45, 2.75) is 6.92 Å². The van der Waals surface area contributed by atoms with Crippen molar-refractivity contribution in [2.24, 2.45) is 0 Å². The third-order valence-corrected chi connectivity index (χ3v) is 7.79. The number of hydrogen-bond donors (Lipinski definition) is 0. The van der Waals surface area contributed by atoms with Gasteiger partial charge in [0.1, 0.15) is 0 Å². The highest BCUT2D eigenvalue weighted by atomic mass is 15.0. The van der Waals surface area contributed by atoms with Gasteiger partial charge in [0.25, 0.3) is 0 Å². The summed E-state index contributed by atoms with van der Waals surface area (Å²) in [6.45, 7) is 1.28. The van der Waals surface area contributed by atoms with E-state index in [0.29, 0.717) is 4.57 Å². The van der Waals surface area contributed by atoms with E-state index in [1.165, 1.54) is 6.92 Å². The first-order valence-corrected chi connectivity index (χ1v) is 14.9. The predicted octanol–water partition coefficient (Wildman–Crippen LogP) is 11.4. The van der Waals surface area contributed by atoms with Crippen molar-refractivity contribution in [3.8, 4) is 45.5 Å². The summed E-state index contributed by atoms with van der Waals surface area (Å²) in [5, 5.41) is -2.20. The SMILES string of the molecule is [2H]c1c([2H])c([2H])c(-c2nc(-c3c([2H])c([2H])c([2H])c(C)c3[2H])nc(-c3c([2H])c([2H])c([2H])c(-n4c5c([2H])c([2H])c([2H])c([2H])c5c5c([2H])c(-n6c7c([2H])c([2H])c([2H])c([2H])c7c7c([2H])c([2H])c([2H])c([2H])c76)c([2H])c([2H])c54)c3[2H])n2)c([2H])c1[2H]. The largest absolute Gasteiger partial charge is 0.309 e. The molecule has 5 nitrogen and oxygen atoms in total. The molecule has 0 radical (unpaired) electrons. The van der Waals surface area contributed by atoms with Crippen molar-refractivity contribution in [1.29, 1.82) is 0 Å². The van der Waals surface area contributed by atoms with Gasteiger partial charge in [-0.15, -0.1) is 0 Å². The maximum atomic E-state index is 9.93. The molecule has 0 saturated carbocycles. The summed E-state index contributed by atoms with van der Waals surface area (Å²) >= 11 is 0. The summed E-state index contributed by atoms with van der Waals surface area (Å²) in [6.07, 6.45) is 0. The van der Waals surface area contributed by atoms with Crippen LogP contribution in [0.2, 0.25) is 0 Å². The molecule has 0 fully saturated rings. The molecule has 10 aromatic rings. The lowest BCUT2D eigenvalue weighted by atomic mass is 10.1. The molecule has 0 amide bonds. The molecule has 0 aliphatic heterocycles. The molecule has 0 saturated heterocycles. The van der Waals surface area contributed by atoms with Crippen molar-refractivity contribution in [3.05, 3.63) is 175 Å². The molecule has 0 aliphatic carbocycles. The van der Waals surface area contributed by atoms with Crippen LogP contribution in [-0.4, -0.2) is 24.1 Å². The Morgan fingerprint density at radius 2 is 0.824 bits per heavy atom. The Labute approximate surface area is 334 Å². The first kappa shape index (κ1) is 12.5. The maximum absolute atomic E-state index is 9.93. The van der Waals surface area contributed by atoms with Crippen LogP contribution in [0.5, 0.6) is 0 Å². The lowest BCUT2D eigenvalue weighted by Gasteiger charge is -2.12. The molecule has 0 unspecified atom stereocenters. The number of aromatic nitrogens is 5. The van der Waals surface area contributed by atoms with Crippen LogP contribution in [0.1, 0.15) is 43.9 Å². The fourth-order valence-electron chi connectivity index (χ4n) is 5.66. The first-order chi connectivity index (χ1) is 36.9. The van der Waals surface area contributed by atoms with E-state index >= 15 is 0 Å². The topological polar surface area (TPSA) is 48.5 Å². The molecule has 0 atom stereocenters. The van der Waals surface area contributed by atoms with Gasteiger partial charge in [0.05, 0.1) is 60.4 Å². The molecule has 240 valence electrons. The van der Waals surface area contributed by atoms with Crippen molar-refractivity contribution in [1.82, 2.24) is 24.1 Å². The van der Waals surface area contributed by atoms with Crippen LogP contribution >= 0.6 is 0 Å². The van der Waals surface area contributed by atoms with Crippen molar-refractivity contribution in [2.75, 3.05) is 0 Å². The molecule has 3 aromatic heterocycles. The van der Waals surface area contributed by atoms with E-state index in [-0.39, 0.29) is 5.56 Å². The molecule has 0 aliphatic rings. The maximum Gasteiger partial charge on any atom is 0.164 e. The normalized spacial score (nSPS) is 19.3. The Bertz CT molecular complexity index is 4320. The van der Waals surface area contributed by atoms with E-state index in [0.717, 1.165) is 4.57 Å². The molecule has 0 N–H and O–H groups in total. The summed E-state index contributed by atoms with van der Waals surface area (Å²) < 4.78 is 251. The van der Waals surface area contributed by atoms with Crippen molar-refractivity contribution < 1.29 is 38.4 Å². The Kier molecular flexibility index (Phi) is 2.85. The lowest BCUT2D eigenvalue weighted by molar-refractivity contribution is 1.07. The summed E-state index contributed by atoms with van der Waals surface area (Å²) in [7, 11) is 0. The molecule has 5 heteroatoms. The highest BCUT2D eigenvalue weighted by molar-refractivity contribution is 6.12. The average molecular weight is 682 g/mol. The van der Waals surface area contributed by atoms with E-state index in [2.05, 4.69) is 15.0 Å². The van der Waals surface area contributed by atoms with E-state index in [1.54, 1.807) is 0 Å². The molecular weight excluding hydrogens is 623 g/mol. The van der Waals surface area contributed by atoms with Crippen LogP contribution in [0.3, 0.4) is 0 Å². The fraction of sp³-hybridized carbons (Fsp3) is 0.0217. The molecule has 3 heterocycles. The molecular formula is C46H31N5. The van der Waals surface area contributed by atoms with Gasteiger partial charge in [-0.25, -0.2) is 15.0 Å². The van der Waals surface area contributed by atoms with Gasteiger partial charge in [0.2, 0.25) is 0 Å². The van der Waals surface area contributed by atoms with Crippen LogP contribution in [0.25, 0.3) is 89.2 Å². The highest BCUT2D eigenvalue weighted by Gasteiger charge is 2.18. The highest BCUT2D eigenvalue weighted by Crippen LogP contribution is 2.37. The van der Waals surface area contributed by atoms with Gasteiger partial charge in [0.15, 0.2) is 17.5 Å². The zero-order valence-electron chi connectivity index (χ0n) is 53.7. The Hall–Kier alpha value is -6.85. The van der Waals surface area contributed by atoms with Crippen LogP contribution in [0, 0.1) is 6.92 Å². The summed E-state index contributed by atoms with van der Waals surface area (Å²) in [4.78, 5) is 12.9. The molecule has 51 heavy (non-hydrogen) atoms. The van der Waals surface area contributed by atoms with Gasteiger partial charge in [-0.05, 0) is 61.3 Å². The van der Waals surface area contributed by atoms with Gasteiger partial charge in [0, 0.05) is 49.6 Å². The number of benzene rings is 7. The van der Waals surface area contributed by atoms with E-state index in [9.17, 15) is 12.3 Å². The molecule has 0 spiro atoms. The minimum atomic E-state index is -1.07. The fourth-order valence-corrected chi connectivity index (χ4v) is 5.66. The number of para-hydroxylation sites is 3. The van der Waals surface area contributed by atoms with Crippen LogP contribution < -0.4 is 0 Å². The van der Waals surface area contributed by atoms with Crippen molar-refractivity contribution >= 4 is 43.6 Å². The summed E-state index contributed by atoms with van der Waals surface area (Å²) in [5.41, 5.74) is -6.52. The van der Waals surface area contributed by atoms with Gasteiger partial charge in [-0.1, -0.05) is 120 Å². The van der Waals surface area contributed by atoms with Gasteiger partial charge in [-0.3, -0.25) is 0 Å². The zero-order chi connectivity index (χ0) is 58.3. The Balaban J connectivity index is 1.41. The van der Waals surface area contributed by atoms with E-state index in [4.69, 9.17) is 26.0 Å². The molecule has 0 bridgehead atoms. The van der Waals surface area contributed by atoms with Crippen molar-refractivity contribution in [3.63, 3.8) is 0 Å². The molecule has 10 rings (SSSR count). The number of fused-ring (bicyclic) bond motifs is 6. The minimum Gasteiger partial charge on any atom is -0.309 e. The van der Waals surface area contributed by atoms with Gasteiger partial charge in [-0.2, -0.15) is 0 Å². The predicted molar refractivity (Wildman–Crippen MR) is 210 cm³/mol. The third-order valence-electron chi connectivity index (χ3n) is 7.79. The summed E-state index contributed by atoms with van der Waals surface area (Å²) in [6, 6.07) is -24.5. The Morgan fingerprint density at radius 3 is 1.45 bits per heavy atom. The number of hydrogen-bond acceptors (Lipinski definition) is 3. The second-order valence-corrected chi connectivity index (χ2v) is 10.8. The van der Waals surface area contributed by atoms with Crippen LogP contribution in [0.15, 0.2) is 169 Å². The van der Waals surface area contributed by atoms with E-state index < -0.39 is 258 Å². The first-order valence-electron chi connectivity index (χ1n) is 28.9. The second kappa shape index (κ2) is 11.6. The van der Waals surface area contributed by atoms with Crippen LogP contribution in [0.4, 0.5) is 0 Å². The summed E-state index contributed by atoms with van der Waals surface area (Å²) in [5.74, 6) is -2.39.